The Morgan fingerprint density at radius 1 is 1.09 bits per heavy atom. The van der Waals surface area contributed by atoms with Gasteiger partial charge in [-0.2, -0.15) is 5.10 Å². The molecule has 0 aliphatic carbocycles. The van der Waals surface area contributed by atoms with Gasteiger partial charge in [0.1, 0.15) is 5.82 Å². The molecule has 0 bridgehead atoms. The maximum Gasteiger partial charge on any atom is 0.277 e. The molecule has 0 unspecified atom stereocenters. The number of aryl methyl sites for hydroxylation is 1. The van der Waals surface area contributed by atoms with Gasteiger partial charge in [0.05, 0.1) is 17.1 Å². The van der Waals surface area contributed by atoms with E-state index in [1.807, 2.05) is 48.9 Å². The van der Waals surface area contributed by atoms with E-state index in [-0.39, 0.29) is 28.6 Å². The maximum absolute atomic E-state index is 13.1. The molecule has 0 fully saturated rings. The fourth-order valence-corrected chi connectivity index (χ4v) is 3.96. The van der Waals surface area contributed by atoms with Crippen LogP contribution in [0.5, 0.6) is 0 Å². The largest absolute Gasteiger partial charge is 0.411 e. The fourth-order valence-electron chi connectivity index (χ4n) is 3.26. The highest BCUT2D eigenvalue weighted by atomic mass is 32.2. The van der Waals surface area contributed by atoms with Crippen LogP contribution in [0, 0.1) is 19.7 Å². The van der Waals surface area contributed by atoms with Gasteiger partial charge in [0.2, 0.25) is 11.8 Å². The van der Waals surface area contributed by atoms with E-state index in [0.717, 1.165) is 22.6 Å². The molecule has 7 nitrogen and oxygen atoms in total. The summed E-state index contributed by atoms with van der Waals surface area (Å²) >= 11 is 1.17. The Balaban J connectivity index is 1.38. The first-order chi connectivity index (χ1) is 15.4. The van der Waals surface area contributed by atoms with E-state index in [0.29, 0.717) is 12.1 Å². The molecule has 4 rings (SSSR count). The van der Waals surface area contributed by atoms with E-state index in [1.165, 1.54) is 23.9 Å². The number of amides is 1. The third-order valence-corrected chi connectivity index (χ3v) is 5.88. The lowest BCUT2D eigenvalue weighted by Gasteiger charge is -2.17. The van der Waals surface area contributed by atoms with Crippen LogP contribution >= 0.6 is 11.8 Å². The van der Waals surface area contributed by atoms with Gasteiger partial charge >= 0.3 is 0 Å². The highest BCUT2D eigenvalue weighted by molar-refractivity contribution is 7.99. The van der Waals surface area contributed by atoms with Crippen molar-refractivity contribution >= 4 is 17.7 Å². The van der Waals surface area contributed by atoms with Crippen LogP contribution in [-0.4, -0.2) is 43.6 Å². The van der Waals surface area contributed by atoms with Crippen molar-refractivity contribution in [3.05, 3.63) is 77.4 Å². The zero-order valence-corrected chi connectivity index (χ0v) is 18.8. The molecule has 0 spiro atoms. The van der Waals surface area contributed by atoms with Crippen LogP contribution in [0.4, 0.5) is 4.39 Å². The molecule has 164 valence electrons. The van der Waals surface area contributed by atoms with Crippen molar-refractivity contribution in [2.75, 3.05) is 12.8 Å². The third-order valence-electron chi connectivity index (χ3n) is 5.08. The molecule has 1 amide bonds. The summed E-state index contributed by atoms with van der Waals surface area (Å²) in [5, 5.41) is 12.9. The summed E-state index contributed by atoms with van der Waals surface area (Å²) in [5.41, 5.74) is 4.51. The quantitative estimate of drug-likeness (QED) is 0.387. The summed E-state index contributed by atoms with van der Waals surface area (Å²) in [7, 11) is 1.76. The van der Waals surface area contributed by atoms with Crippen molar-refractivity contribution in [2.45, 2.75) is 25.6 Å². The van der Waals surface area contributed by atoms with Gasteiger partial charge in [-0.05, 0) is 50.2 Å². The van der Waals surface area contributed by atoms with Gasteiger partial charge in [0, 0.05) is 30.4 Å². The van der Waals surface area contributed by atoms with Crippen LogP contribution in [0.25, 0.3) is 17.1 Å². The van der Waals surface area contributed by atoms with Gasteiger partial charge in [0.25, 0.3) is 5.22 Å². The Morgan fingerprint density at radius 3 is 2.53 bits per heavy atom. The number of para-hydroxylation sites is 1. The first-order valence-corrected chi connectivity index (χ1v) is 11.0. The van der Waals surface area contributed by atoms with Crippen LogP contribution in [0.15, 0.2) is 64.2 Å². The first-order valence-electron chi connectivity index (χ1n) is 9.99. The summed E-state index contributed by atoms with van der Waals surface area (Å²) in [6.45, 7) is 4.41. The van der Waals surface area contributed by atoms with Crippen LogP contribution in [0.1, 0.15) is 17.0 Å². The average molecular weight is 452 g/mol. The second-order valence-corrected chi connectivity index (χ2v) is 8.24. The second-order valence-electron chi connectivity index (χ2n) is 7.32. The number of thioether (sulfide) groups is 1. The smallest absolute Gasteiger partial charge is 0.277 e. The first kappa shape index (κ1) is 21.8. The van der Waals surface area contributed by atoms with Crippen LogP contribution < -0.4 is 0 Å². The van der Waals surface area contributed by atoms with Crippen molar-refractivity contribution in [1.82, 2.24) is 24.9 Å². The lowest BCUT2D eigenvalue weighted by atomic mass is 10.2. The van der Waals surface area contributed by atoms with Gasteiger partial charge in [0.15, 0.2) is 0 Å². The highest BCUT2D eigenvalue weighted by Crippen LogP contribution is 2.24. The number of carbonyl (C=O) groups is 1. The third kappa shape index (κ3) is 4.72. The number of nitrogens with zero attached hydrogens (tertiary/aromatic N) is 5. The number of rotatable bonds is 7. The van der Waals surface area contributed by atoms with Gasteiger partial charge in [-0.15, -0.1) is 10.2 Å². The van der Waals surface area contributed by atoms with E-state index in [2.05, 4.69) is 15.3 Å². The molecule has 0 atom stereocenters. The lowest BCUT2D eigenvalue weighted by molar-refractivity contribution is -0.127. The fraction of sp³-hybridized carbons (Fsp3) is 0.217. The standard InChI is InChI=1S/C23H22FN5O2S/c1-15-20(16(2)29(27-15)19-7-5-4-6-8-19)13-28(3)21(30)14-32-23-26-25-22(31-23)17-9-11-18(24)12-10-17/h4-12H,13-14H2,1-3H3. The van der Waals surface area contributed by atoms with E-state index >= 15 is 0 Å². The lowest BCUT2D eigenvalue weighted by Crippen LogP contribution is -2.28. The Labute approximate surface area is 189 Å². The number of aromatic nitrogens is 4. The number of carbonyl (C=O) groups excluding carboxylic acids is 1. The molecular weight excluding hydrogens is 429 g/mol. The maximum atomic E-state index is 13.1. The average Bonchev–Trinajstić information content (AvgIpc) is 3.38. The van der Waals surface area contributed by atoms with Crippen molar-refractivity contribution in [3.63, 3.8) is 0 Å². The van der Waals surface area contributed by atoms with Gasteiger partial charge in [-0.3, -0.25) is 4.79 Å². The number of hydrogen-bond donors (Lipinski definition) is 0. The Hall–Kier alpha value is -3.46. The minimum atomic E-state index is -0.337. The van der Waals surface area contributed by atoms with Crippen LogP contribution in [-0.2, 0) is 11.3 Å². The van der Waals surface area contributed by atoms with E-state index in [1.54, 1.807) is 24.1 Å². The van der Waals surface area contributed by atoms with Gasteiger partial charge in [-0.1, -0.05) is 30.0 Å². The van der Waals surface area contributed by atoms with E-state index in [9.17, 15) is 9.18 Å². The van der Waals surface area contributed by atoms with E-state index < -0.39 is 0 Å². The highest BCUT2D eigenvalue weighted by Gasteiger charge is 2.18. The summed E-state index contributed by atoms with van der Waals surface area (Å²) < 4.78 is 20.5. The summed E-state index contributed by atoms with van der Waals surface area (Å²) in [4.78, 5) is 14.3. The summed E-state index contributed by atoms with van der Waals surface area (Å²) in [5.74, 6) is 0.0406. The molecule has 2 aromatic carbocycles. The summed E-state index contributed by atoms with van der Waals surface area (Å²) in [6, 6.07) is 15.7. The summed E-state index contributed by atoms with van der Waals surface area (Å²) in [6.07, 6.45) is 0. The zero-order chi connectivity index (χ0) is 22.7. The minimum absolute atomic E-state index is 0.0669. The predicted molar refractivity (Wildman–Crippen MR) is 120 cm³/mol. The molecule has 0 saturated carbocycles. The number of halogens is 1. The number of benzene rings is 2. The monoisotopic (exact) mass is 451 g/mol. The molecule has 0 aliphatic rings. The molecule has 0 saturated heterocycles. The van der Waals surface area contributed by atoms with Crippen molar-refractivity contribution in [1.29, 1.82) is 0 Å². The molecule has 2 aromatic heterocycles. The molecule has 0 aliphatic heterocycles. The van der Waals surface area contributed by atoms with E-state index in [4.69, 9.17) is 4.42 Å². The van der Waals surface area contributed by atoms with Crippen molar-refractivity contribution < 1.29 is 13.6 Å². The van der Waals surface area contributed by atoms with Gasteiger partial charge in [-0.25, -0.2) is 9.07 Å². The van der Waals surface area contributed by atoms with Crippen LogP contribution in [0.3, 0.4) is 0 Å². The molecule has 4 aromatic rings. The number of hydrogen-bond acceptors (Lipinski definition) is 6. The molecule has 9 heteroatoms. The predicted octanol–water partition coefficient (Wildman–Crippen LogP) is 4.43. The second kappa shape index (κ2) is 9.35. The topological polar surface area (TPSA) is 77.1 Å². The molecule has 0 radical (unpaired) electrons. The molecule has 0 N–H and O–H groups in total. The Kier molecular flexibility index (Phi) is 6.36. The minimum Gasteiger partial charge on any atom is -0.411 e. The molecule has 2 heterocycles. The SMILES string of the molecule is Cc1nn(-c2ccccc2)c(C)c1CN(C)C(=O)CSc1nnc(-c2ccc(F)cc2)o1. The Bertz CT molecular complexity index is 1220. The van der Waals surface area contributed by atoms with Crippen LogP contribution in [0.2, 0.25) is 0 Å². The zero-order valence-electron chi connectivity index (χ0n) is 17.9. The van der Waals surface area contributed by atoms with Crippen molar-refractivity contribution in [2.24, 2.45) is 0 Å². The van der Waals surface area contributed by atoms with Gasteiger partial charge < -0.3 is 9.32 Å². The molecule has 32 heavy (non-hydrogen) atoms. The normalized spacial score (nSPS) is 11.0. The molecular formula is C23H22FN5O2S. The Morgan fingerprint density at radius 2 is 1.81 bits per heavy atom. The van der Waals surface area contributed by atoms with Crippen molar-refractivity contribution in [3.8, 4) is 17.1 Å².